The van der Waals surface area contributed by atoms with Gasteiger partial charge in [-0.15, -0.1) is 0 Å². The Balaban J connectivity index is 2.29. The summed E-state index contributed by atoms with van der Waals surface area (Å²) in [5, 5.41) is 10.4. The number of aromatic amines is 1. The van der Waals surface area contributed by atoms with Crippen LogP contribution in [0.4, 0.5) is 5.82 Å². The first kappa shape index (κ1) is 14.5. The maximum atomic E-state index is 11.9. The van der Waals surface area contributed by atoms with E-state index in [-0.39, 0.29) is 23.8 Å². The van der Waals surface area contributed by atoms with Gasteiger partial charge in [0.15, 0.2) is 5.65 Å². The van der Waals surface area contributed by atoms with E-state index in [4.69, 9.17) is 11.6 Å². The van der Waals surface area contributed by atoms with Gasteiger partial charge in [-0.1, -0.05) is 0 Å². The maximum Gasteiger partial charge on any atom is 0.239 e. The summed E-state index contributed by atoms with van der Waals surface area (Å²) in [6.45, 7) is 6.63. The summed E-state index contributed by atoms with van der Waals surface area (Å²) in [5.41, 5.74) is 0.558. The molecule has 0 aliphatic rings. The summed E-state index contributed by atoms with van der Waals surface area (Å²) in [6, 6.07) is 0.101. The van der Waals surface area contributed by atoms with Crippen LogP contribution < -0.4 is 10.2 Å². The first-order valence-electron chi connectivity index (χ1n) is 6.42. The number of likely N-dealkylation sites (N-methyl/N-ethyl adjacent to an activating group) is 1. The van der Waals surface area contributed by atoms with Crippen molar-refractivity contribution in [3.05, 3.63) is 11.5 Å². The zero-order valence-electron chi connectivity index (χ0n) is 11.6. The molecule has 0 radical (unpaired) electrons. The summed E-state index contributed by atoms with van der Waals surface area (Å²) in [4.78, 5) is 22.0. The molecule has 0 saturated carbocycles. The number of hydrogen-bond donors (Lipinski definition) is 2. The Morgan fingerprint density at radius 1 is 1.50 bits per heavy atom. The smallest absolute Gasteiger partial charge is 0.239 e. The maximum absolute atomic E-state index is 11.9. The topological polar surface area (TPSA) is 86.8 Å². The molecule has 1 amide bonds. The average Bonchev–Trinajstić information content (AvgIpc) is 2.82. The van der Waals surface area contributed by atoms with Crippen LogP contribution in [0.2, 0.25) is 5.28 Å². The van der Waals surface area contributed by atoms with Crippen molar-refractivity contribution in [1.82, 2.24) is 25.5 Å². The molecule has 20 heavy (non-hydrogen) atoms. The van der Waals surface area contributed by atoms with Crippen molar-refractivity contribution >= 4 is 34.4 Å². The Kier molecular flexibility index (Phi) is 4.39. The number of anilines is 1. The molecule has 0 aliphatic heterocycles. The third kappa shape index (κ3) is 3.16. The molecule has 2 aromatic heterocycles. The Hall–Kier alpha value is -1.89. The highest BCUT2D eigenvalue weighted by Gasteiger charge is 2.17. The van der Waals surface area contributed by atoms with E-state index in [1.54, 1.807) is 6.20 Å². The van der Waals surface area contributed by atoms with E-state index in [1.165, 1.54) is 0 Å². The number of nitrogens with one attached hydrogen (secondary N) is 2. The minimum absolute atomic E-state index is 0.0618. The fourth-order valence-electron chi connectivity index (χ4n) is 1.91. The third-order valence-electron chi connectivity index (χ3n) is 2.73. The molecule has 2 aromatic rings. The van der Waals surface area contributed by atoms with E-state index in [0.717, 1.165) is 5.39 Å². The van der Waals surface area contributed by atoms with Crippen molar-refractivity contribution in [2.45, 2.75) is 26.8 Å². The molecule has 108 valence electrons. The molecule has 7 nitrogen and oxygen atoms in total. The Morgan fingerprint density at radius 3 is 2.90 bits per heavy atom. The molecule has 0 aromatic carbocycles. The summed E-state index contributed by atoms with van der Waals surface area (Å²) in [7, 11) is 0. The van der Waals surface area contributed by atoms with Crippen LogP contribution in [0.15, 0.2) is 6.20 Å². The lowest BCUT2D eigenvalue weighted by Crippen LogP contribution is -2.40. The summed E-state index contributed by atoms with van der Waals surface area (Å²) < 4.78 is 0. The van der Waals surface area contributed by atoms with Gasteiger partial charge in [-0.3, -0.25) is 9.89 Å². The second kappa shape index (κ2) is 6.04. The van der Waals surface area contributed by atoms with Crippen LogP contribution in [0.25, 0.3) is 11.0 Å². The molecule has 8 heteroatoms. The molecule has 2 N–H and O–H groups in total. The average molecular weight is 297 g/mol. The van der Waals surface area contributed by atoms with E-state index >= 15 is 0 Å². The van der Waals surface area contributed by atoms with Gasteiger partial charge in [-0.25, -0.2) is 0 Å². The van der Waals surface area contributed by atoms with Gasteiger partial charge in [-0.2, -0.15) is 15.1 Å². The number of fused-ring (bicyclic) bond motifs is 1. The fraction of sp³-hybridized carbons (Fsp3) is 0.500. The van der Waals surface area contributed by atoms with E-state index in [0.29, 0.717) is 18.0 Å². The number of rotatable bonds is 5. The van der Waals surface area contributed by atoms with Crippen LogP contribution in [-0.4, -0.2) is 45.2 Å². The van der Waals surface area contributed by atoms with Crippen LogP contribution in [0, 0.1) is 0 Å². The molecule has 0 fully saturated rings. The summed E-state index contributed by atoms with van der Waals surface area (Å²) >= 11 is 5.91. The van der Waals surface area contributed by atoms with Crippen molar-refractivity contribution in [3.8, 4) is 0 Å². The lowest BCUT2D eigenvalue weighted by atomic mass is 10.3. The van der Waals surface area contributed by atoms with E-state index < -0.39 is 0 Å². The number of halogens is 1. The lowest BCUT2D eigenvalue weighted by molar-refractivity contribution is -0.120. The molecular weight excluding hydrogens is 280 g/mol. The number of hydrogen-bond acceptors (Lipinski definition) is 5. The Labute approximate surface area is 121 Å². The van der Waals surface area contributed by atoms with Crippen molar-refractivity contribution in [2.75, 3.05) is 18.0 Å². The van der Waals surface area contributed by atoms with Crippen molar-refractivity contribution in [1.29, 1.82) is 0 Å². The van der Waals surface area contributed by atoms with Gasteiger partial charge in [0.1, 0.15) is 5.82 Å². The van der Waals surface area contributed by atoms with Crippen LogP contribution in [0.1, 0.15) is 20.8 Å². The molecule has 0 unspecified atom stereocenters. The van der Waals surface area contributed by atoms with Crippen LogP contribution in [0.3, 0.4) is 0 Å². The molecule has 0 saturated heterocycles. The quantitative estimate of drug-likeness (QED) is 0.814. The molecule has 2 heterocycles. The van der Waals surface area contributed by atoms with Gasteiger partial charge in [-0.05, 0) is 32.4 Å². The molecule has 0 spiro atoms. The predicted octanol–water partition coefficient (Wildman–Crippen LogP) is 1.36. The minimum Gasteiger partial charge on any atom is -0.352 e. The van der Waals surface area contributed by atoms with Gasteiger partial charge < -0.3 is 10.2 Å². The number of H-pyrrole nitrogens is 1. The largest absolute Gasteiger partial charge is 0.352 e. The highest BCUT2D eigenvalue weighted by molar-refractivity contribution is 6.28. The van der Waals surface area contributed by atoms with Crippen LogP contribution in [-0.2, 0) is 4.79 Å². The molecule has 2 rings (SSSR count). The molecule has 0 aliphatic carbocycles. The first-order valence-corrected chi connectivity index (χ1v) is 6.80. The summed E-state index contributed by atoms with van der Waals surface area (Å²) in [6.07, 6.45) is 1.63. The Morgan fingerprint density at radius 2 is 2.25 bits per heavy atom. The highest BCUT2D eigenvalue weighted by Crippen LogP contribution is 2.23. The van der Waals surface area contributed by atoms with Gasteiger partial charge in [0, 0.05) is 12.6 Å². The third-order valence-corrected chi connectivity index (χ3v) is 2.90. The number of carbonyl (C=O) groups is 1. The minimum atomic E-state index is -0.0618. The first-order chi connectivity index (χ1) is 9.51. The number of amides is 1. The lowest BCUT2D eigenvalue weighted by Gasteiger charge is -2.22. The van der Waals surface area contributed by atoms with Crippen molar-refractivity contribution in [3.63, 3.8) is 0 Å². The predicted molar refractivity (Wildman–Crippen MR) is 77.9 cm³/mol. The van der Waals surface area contributed by atoms with E-state index in [2.05, 4.69) is 25.5 Å². The molecular formula is C12H17ClN6O. The number of nitrogens with zero attached hydrogens (tertiary/aromatic N) is 4. The van der Waals surface area contributed by atoms with E-state index in [1.807, 2.05) is 25.7 Å². The van der Waals surface area contributed by atoms with Crippen LogP contribution in [0.5, 0.6) is 0 Å². The standard InChI is InChI=1S/C12H17ClN6O/c1-4-19(6-9(20)15-7(2)3)11-8-5-14-18-10(8)16-12(13)17-11/h5,7H,4,6H2,1-3H3,(H,15,20)(H,14,16,17,18). The number of carbonyl (C=O) groups excluding carboxylic acids is 1. The zero-order chi connectivity index (χ0) is 14.7. The normalized spacial score (nSPS) is 11.1. The van der Waals surface area contributed by atoms with Crippen molar-refractivity contribution < 1.29 is 4.79 Å². The SMILES string of the molecule is CCN(CC(=O)NC(C)C)c1nc(Cl)nc2[nH]ncc12. The van der Waals surface area contributed by atoms with Crippen molar-refractivity contribution in [2.24, 2.45) is 0 Å². The van der Waals surface area contributed by atoms with E-state index in [9.17, 15) is 4.79 Å². The van der Waals surface area contributed by atoms with Crippen LogP contribution >= 0.6 is 11.6 Å². The zero-order valence-corrected chi connectivity index (χ0v) is 12.4. The molecule has 0 atom stereocenters. The monoisotopic (exact) mass is 296 g/mol. The molecule has 0 bridgehead atoms. The van der Waals surface area contributed by atoms with Gasteiger partial charge in [0.2, 0.25) is 11.2 Å². The summed E-state index contributed by atoms with van der Waals surface area (Å²) in [5.74, 6) is 0.545. The van der Waals surface area contributed by atoms with Gasteiger partial charge in [0.25, 0.3) is 0 Å². The van der Waals surface area contributed by atoms with Gasteiger partial charge >= 0.3 is 0 Å². The fourth-order valence-corrected chi connectivity index (χ4v) is 2.08. The van der Waals surface area contributed by atoms with Gasteiger partial charge in [0.05, 0.1) is 18.1 Å². The highest BCUT2D eigenvalue weighted by atomic mass is 35.5. The Bertz CT molecular complexity index is 611. The second-order valence-electron chi connectivity index (χ2n) is 4.68. The second-order valence-corrected chi connectivity index (χ2v) is 5.02. The number of aromatic nitrogens is 4.